The van der Waals surface area contributed by atoms with E-state index in [9.17, 15) is 34.8 Å². The summed E-state index contributed by atoms with van der Waals surface area (Å²) >= 11 is 0. The van der Waals surface area contributed by atoms with Crippen molar-refractivity contribution in [3.8, 4) is 0 Å². The number of nitrogens with one attached hydrogen (secondary N) is 1. The molecule has 3 rings (SSSR count). The second-order valence-electron chi connectivity index (χ2n) is 6.55. The van der Waals surface area contributed by atoms with Crippen molar-refractivity contribution < 1.29 is 34.8 Å². The first-order chi connectivity index (χ1) is 13.4. The number of nitrogens with zero attached hydrogens (tertiary/aromatic N) is 1. The molecular formula is C18H16F6N2O2S. The molecule has 0 atom stereocenters. The molecule has 0 unspecified atom stereocenters. The lowest BCUT2D eigenvalue weighted by atomic mass is 10.1. The molecule has 1 aliphatic heterocycles. The van der Waals surface area contributed by atoms with Crippen LogP contribution in [0.3, 0.4) is 0 Å². The first-order valence-corrected chi connectivity index (χ1v) is 10.0. The van der Waals surface area contributed by atoms with Crippen LogP contribution < -0.4 is 9.62 Å². The van der Waals surface area contributed by atoms with Gasteiger partial charge in [0.15, 0.2) is 0 Å². The first kappa shape index (κ1) is 21.3. The van der Waals surface area contributed by atoms with Gasteiger partial charge in [-0.05, 0) is 49.2 Å². The highest BCUT2D eigenvalue weighted by atomic mass is 32.2. The smallest absolute Gasteiger partial charge is 0.370 e. The highest BCUT2D eigenvalue weighted by Gasteiger charge is 2.34. The number of rotatable bonds is 4. The summed E-state index contributed by atoms with van der Waals surface area (Å²) in [5.41, 5.74) is -2.34. The predicted octanol–water partition coefficient (Wildman–Crippen LogP) is 5.13. The number of sulfonamides is 1. The maximum Gasteiger partial charge on any atom is 0.416 e. The molecule has 4 nitrogen and oxygen atoms in total. The van der Waals surface area contributed by atoms with E-state index in [1.807, 2.05) is 4.72 Å². The Bertz CT molecular complexity index is 996. The van der Waals surface area contributed by atoms with Crippen LogP contribution in [-0.2, 0) is 22.4 Å². The van der Waals surface area contributed by atoms with Gasteiger partial charge in [-0.25, -0.2) is 8.42 Å². The zero-order valence-corrected chi connectivity index (χ0v) is 15.6. The second kappa shape index (κ2) is 7.43. The molecule has 0 radical (unpaired) electrons. The Kier molecular flexibility index (Phi) is 5.46. The number of hydrogen-bond donors (Lipinski definition) is 1. The molecule has 0 amide bonds. The van der Waals surface area contributed by atoms with Crippen LogP contribution in [0.25, 0.3) is 0 Å². The molecule has 1 aliphatic rings. The van der Waals surface area contributed by atoms with Crippen molar-refractivity contribution in [2.45, 2.75) is 30.1 Å². The van der Waals surface area contributed by atoms with Gasteiger partial charge in [-0.1, -0.05) is 6.07 Å². The van der Waals surface area contributed by atoms with Gasteiger partial charge in [0, 0.05) is 13.1 Å². The van der Waals surface area contributed by atoms with Crippen LogP contribution in [0.2, 0.25) is 0 Å². The Hall–Kier alpha value is -2.43. The van der Waals surface area contributed by atoms with Crippen molar-refractivity contribution in [2.75, 3.05) is 22.7 Å². The van der Waals surface area contributed by atoms with E-state index in [1.54, 1.807) is 4.90 Å². The number of halogens is 6. The number of anilines is 2. The second-order valence-corrected chi connectivity index (χ2v) is 8.24. The molecular weight excluding hydrogens is 422 g/mol. The van der Waals surface area contributed by atoms with Gasteiger partial charge in [-0.3, -0.25) is 4.72 Å². The first-order valence-electron chi connectivity index (χ1n) is 8.54. The SMILES string of the molecule is O=S(=O)(Nc1cc(C(F)(F)F)ccc1N1CCCC1)c1cccc(C(F)(F)F)c1. The number of hydrogen-bond acceptors (Lipinski definition) is 3. The summed E-state index contributed by atoms with van der Waals surface area (Å²) in [6.45, 7) is 1.06. The van der Waals surface area contributed by atoms with Crippen LogP contribution in [-0.4, -0.2) is 21.5 Å². The summed E-state index contributed by atoms with van der Waals surface area (Å²) < 4.78 is 105. The van der Waals surface area contributed by atoms with Crippen molar-refractivity contribution in [1.82, 2.24) is 0 Å². The van der Waals surface area contributed by atoms with Crippen LogP contribution in [0.1, 0.15) is 24.0 Å². The quantitative estimate of drug-likeness (QED) is 0.674. The van der Waals surface area contributed by atoms with Crippen molar-refractivity contribution in [2.24, 2.45) is 0 Å². The molecule has 1 N–H and O–H groups in total. The highest BCUT2D eigenvalue weighted by Crippen LogP contribution is 2.38. The molecule has 0 spiro atoms. The minimum Gasteiger partial charge on any atom is -0.370 e. The van der Waals surface area contributed by atoms with E-state index in [1.165, 1.54) is 0 Å². The van der Waals surface area contributed by atoms with Gasteiger partial charge >= 0.3 is 12.4 Å². The molecule has 0 bridgehead atoms. The van der Waals surface area contributed by atoms with E-state index in [-0.39, 0.29) is 11.4 Å². The van der Waals surface area contributed by atoms with Crippen molar-refractivity contribution >= 4 is 21.4 Å². The van der Waals surface area contributed by atoms with Crippen molar-refractivity contribution in [3.05, 3.63) is 53.6 Å². The van der Waals surface area contributed by atoms with E-state index in [0.29, 0.717) is 31.3 Å². The van der Waals surface area contributed by atoms with Gasteiger partial charge < -0.3 is 4.90 Å². The summed E-state index contributed by atoms with van der Waals surface area (Å²) in [5, 5.41) is 0. The minimum atomic E-state index is -4.76. The molecule has 158 valence electrons. The zero-order chi connectivity index (χ0) is 21.4. The lowest BCUT2D eigenvalue weighted by Gasteiger charge is -2.23. The Morgan fingerprint density at radius 2 is 1.41 bits per heavy atom. The van der Waals surface area contributed by atoms with Crippen molar-refractivity contribution in [3.63, 3.8) is 0 Å². The van der Waals surface area contributed by atoms with E-state index < -0.39 is 38.4 Å². The van der Waals surface area contributed by atoms with Crippen LogP contribution in [0.5, 0.6) is 0 Å². The summed E-state index contributed by atoms with van der Waals surface area (Å²) in [6.07, 6.45) is -7.88. The molecule has 1 heterocycles. The minimum absolute atomic E-state index is 0.242. The van der Waals surface area contributed by atoms with Gasteiger partial charge in [0.05, 0.1) is 27.4 Å². The molecule has 0 aliphatic carbocycles. The summed E-state index contributed by atoms with van der Waals surface area (Å²) in [4.78, 5) is 1.03. The van der Waals surface area contributed by atoms with Crippen LogP contribution in [0, 0.1) is 0 Å². The number of benzene rings is 2. The van der Waals surface area contributed by atoms with Gasteiger partial charge in [-0.2, -0.15) is 26.3 Å². The third-order valence-corrected chi connectivity index (χ3v) is 5.85. The molecule has 2 aromatic carbocycles. The molecule has 2 aromatic rings. The average molecular weight is 438 g/mol. The third kappa shape index (κ3) is 4.77. The van der Waals surface area contributed by atoms with E-state index >= 15 is 0 Å². The maximum atomic E-state index is 13.1. The monoisotopic (exact) mass is 438 g/mol. The van der Waals surface area contributed by atoms with E-state index in [0.717, 1.165) is 37.1 Å². The molecule has 0 saturated carbocycles. The fraction of sp³-hybridized carbons (Fsp3) is 0.333. The normalized spacial score (nSPS) is 15.6. The lowest BCUT2D eigenvalue weighted by molar-refractivity contribution is -0.138. The van der Waals surface area contributed by atoms with Gasteiger partial charge in [-0.15, -0.1) is 0 Å². The van der Waals surface area contributed by atoms with Crippen LogP contribution in [0.4, 0.5) is 37.7 Å². The van der Waals surface area contributed by atoms with Gasteiger partial charge in [0.2, 0.25) is 0 Å². The summed E-state index contributed by atoms with van der Waals surface area (Å²) in [6, 6.07) is 5.67. The zero-order valence-electron chi connectivity index (χ0n) is 14.8. The molecule has 29 heavy (non-hydrogen) atoms. The highest BCUT2D eigenvalue weighted by molar-refractivity contribution is 7.92. The largest absolute Gasteiger partial charge is 0.416 e. The fourth-order valence-corrected chi connectivity index (χ4v) is 4.18. The van der Waals surface area contributed by atoms with Crippen LogP contribution in [0.15, 0.2) is 47.4 Å². The predicted molar refractivity (Wildman–Crippen MR) is 95.1 cm³/mol. The van der Waals surface area contributed by atoms with Crippen molar-refractivity contribution in [1.29, 1.82) is 0 Å². The summed E-state index contributed by atoms with van der Waals surface area (Å²) in [7, 11) is -4.55. The maximum absolute atomic E-state index is 13.1. The Labute approximate surface area is 163 Å². The fourth-order valence-electron chi connectivity index (χ4n) is 3.07. The number of alkyl halides is 6. The molecule has 11 heteroatoms. The lowest BCUT2D eigenvalue weighted by Crippen LogP contribution is -2.22. The van der Waals surface area contributed by atoms with E-state index in [4.69, 9.17) is 0 Å². The Morgan fingerprint density at radius 1 is 0.828 bits per heavy atom. The average Bonchev–Trinajstić information content (AvgIpc) is 3.14. The third-order valence-electron chi connectivity index (χ3n) is 4.49. The topological polar surface area (TPSA) is 49.4 Å². The van der Waals surface area contributed by atoms with Gasteiger partial charge in [0.25, 0.3) is 10.0 Å². The summed E-state index contributed by atoms with van der Waals surface area (Å²) in [5.74, 6) is 0. The Morgan fingerprint density at radius 3 is 2.00 bits per heavy atom. The Balaban J connectivity index is 2.03. The molecule has 0 aromatic heterocycles. The molecule has 1 fully saturated rings. The van der Waals surface area contributed by atoms with Gasteiger partial charge in [0.1, 0.15) is 0 Å². The van der Waals surface area contributed by atoms with Crippen LogP contribution >= 0.6 is 0 Å². The molecule has 1 saturated heterocycles. The standard InChI is InChI=1S/C18H16F6N2O2S/c19-17(20,21)12-4-3-5-14(10-12)29(27,28)25-15-11-13(18(22,23)24)6-7-16(15)26-8-1-2-9-26/h3-7,10-11,25H,1-2,8-9H2. The van der Waals surface area contributed by atoms with E-state index in [2.05, 4.69) is 0 Å².